The van der Waals surface area contributed by atoms with Crippen molar-refractivity contribution in [1.29, 1.82) is 0 Å². The molecule has 4 N–H and O–H groups in total. The normalized spacial score (nSPS) is 11.3. The molecule has 19 heavy (non-hydrogen) atoms. The Morgan fingerprint density at radius 2 is 1.79 bits per heavy atom. The van der Waals surface area contributed by atoms with Crippen molar-refractivity contribution in [3.05, 3.63) is 36.2 Å². The Hall–Kier alpha value is -2.58. The summed E-state index contributed by atoms with van der Waals surface area (Å²) in [5.41, 5.74) is 10.7. The number of para-hydroxylation sites is 1. The van der Waals surface area contributed by atoms with Crippen LogP contribution in [0.2, 0.25) is 0 Å². The molecule has 0 amide bonds. The molecule has 0 saturated carbocycles. The van der Waals surface area contributed by atoms with Gasteiger partial charge in [-0.15, -0.1) is 5.10 Å². The third kappa shape index (κ3) is 2.81. The molecule has 9 heteroatoms. The molecule has 0 spiro atoms. The highest BCUT2D eigenvalue weighted by Crippen LogP contribution is 2.29. The van der Waals surface area contributed by atoms with Crippen LogP contribution in [0.15, 0.2) is 35.3 Å². The number of halogens is 3. The molecule has 1 aromatic carbocycles. The van der Waals surface area contributed by atoms with E-state index < -0.39 is 18.0 Å². The predicted octanol–water partition coefficient (Wildman–Crippen LogP) is 1.19. The molecule has 0 aliphatic heterocycles. The molecule has 1 heterocycles. The van der Waals surface area contributed by atoms with E-state index in [1.165, 1.54) is 0 Å². The average molecular weight is 270 g/mol. The topological polar surface area (TPSA) is 95.1 Å². The summed E-state index contributed by atoms with van der Waals surface area (Å²) in [6, 6.07) is 8.11. The van der Waals surface area contributed by atoms with Gasteiger partial charge in [0.2, 0.25) is 0 Å². The second-order valence-electron chi connectivity index (χ2n) is 3.52. The van der Waals surface area contributed by atoms with Gasteiger partial charge in [-0.05, 0) is 12.1 Å². The highest BCUT2D eigenvalue weighted by atomic mass is 19.4. The van der Waals surface area contributed by atoms with Crippen molar-refractivity contribution in [2.24, 2.45) is 16.5 Å². The van der Waals surface area contributed by atoms with Crippen LogP contribution in [0.3, 0.4) is 0 Å². The van der Waals surface area contributed by atoms with Gasteiger partial charge in [0.15, 0.2) is 5.96 Å². The van der Waals surface area contributed by atoms with Gasteiger partial charge in [0.1, 0.15) is 0 Å². The lowest BCUT2D eigenvalue weighted by Crippen LogP contribution is -2.22. The van der Waals surface area contributed by atoms with Crippen molar-refractivity contribution < 1.29 is 13.2 Å². The van der Waals surface area contributed by atoms with E-state index in [1.54, 1.807) is 30.3 Å². The zero-order valence-corrected chi connectivity index (χ0v) is 9.46. The molecule has 0 bridgehead atoms. The maximum absolute atomic E-state index is 12.6. The van der Waals surface area contributed by atoms with Gasteiger partial charge in [-0.2, -0.15) is 27.8 Å². The van der Waals surface area contributed by atoms with Crippen LogP contribution in [0.5, 0.6) is 0 Å². The molecule has 0 unspecified atom stereocenters. The van der Waals surface area contributed by atoms with Crippen molar-refractivity contribution in [1.82, 2.24) is 14.8 Å². The monoisotopic (exact) mass is 270 g/mol. The minimum Gasteiger partial charge on any atom is -0.370 e. The lowest BCUT2D eigenvalue weighted by Gasteiger charge is -2.02. The summed E-state index contributed by atoms with van der Waals surface area (Å²) in [6.07, 6.45) is -4.67. The zero-order chi connectivity index (χ0) is 14.0. The molecule has 0 atom stereocenters. The number of benzene rings is 1. The Balaban J connectivity index is 2.59. The van der Waals surface area contributed by atoms with Gasteiger partial charge < -0.3 is 11.5 Å². The van der Waals surface area contributed by atoms with Crippen LogP contribution < -0.4 is 11.5 Å². The minimum absolute atomic E-state index is 0.335. The van der Waals surface area contributed by atoms with E-state index in [9.17, 15) is 13.2 Å². The number of aliphatic imine (C=N–C) groups is 1. The first-order valence-electron chi connectivity index (χ1n) is 5.07. The molecule has 100 valence electrons. The van der Waals surface area contributed by atoms with E-state index >= 15 is 0 Å². The van der Waals surface area contributed by atoms with Gasteiger partial charge >= 0.3 is 6.18 Å². The van der Waals surface area contributed by atoms with Gasteiger partial charge in [0.25, 0.3) is 11.8 Å². The standard InChI is InChI=1S/C10H9F3N6/c11-10(12,13)7-16-9(17-8(14)15)19(18-7)6-4-2-1-3-5-6/h1-5H,(H4,14,15,16,17,18). The number of hydrogen-bond donors (Lipinski definition) is 2. The zero-order valence-electron chi connectivity index (χ0n) is 9.46. The highest BCUT2D eigenvalue weighted by Gasteiger charge is 2.37. The maximum atomic E-state index is 12.6. The SMILES string of the molecule is NC(N)=Nc1nc(C(F)(F)F)nn1-c1ccccc1. The molecule has 2 aromatic rings. The van der Waals surface area contributed by atoms with Gasteiger partial charge in [0, 0.05) is 0 Å². The number of guanidine groups is 1. The number of nitrogens with two attached hydrogens (primary N) is 2. The lowest BCUT2D eigenvalue weighted by molar-refractivity contribution is -0.144. The highest BCUT2D eigenvalue weighted by molar-refractivity contribution is 5.78. The van der Waals surface area contributed by atoms with E-state index in [0.29, 0.717) is 5.69 Å². The van der Waals surface area contributed by atoms with Crippen LogP contribution in [0.1, 0.15) is 5.82 Å². The third-order valence-corrected chi connectivity index (χ3v) is 2.07. The smallest absolute Gasteiger partial charge is 0.370 e. The summed E-state index contributed by atoms with van der Waals surface area (Å²) in [7, 11) is 0. The first-order valence-corrected chi connectivity index (χ1v) is 5.07. The Labute approximate surface area is 105 Å². The predicted molar refractivity (Wildman–Crippen MR) is 61.8 cm³/mol. The van der Waals surface area contributed by atoms with Crippen LogP contribution >= 0.6 is 0 Å². The number of rotatable bonds is 2. The van der Waals surface area contributed by atoms with E-state index in [0.717, 1.165) is 4.68 Å². The number of hydrogen-bond acceptors (Lipinski definition) is 3. The first kappa shape index (κ1) is 12.9. The Morgan fingerprint density at radius 3 is 2.32 bits per heavy atom. The second kappa shape index (κ2) is 4.59. The summed E-state index contributed by atoms with van der Waals surface area (Å²) in [5.74, 6) is -2.05. The fourth-order valence-corrected chi connectivity index (χ4v) is 1.35. The summed E-state index contributed by atoms with van der Waals surface area (Å²) in [6.45, 7) is 0. The Kier molecular flexibility index (Phi) is 3.11. The van der Waals surface area contributed by atoms with E-state index in [1.807, 2.05) is 0 Å². The molecule has 0 fully saturated rings. The van der Waals surface area contributed by atoms with E-state index in [4.69, 9.17) is 11.5 Å². The van der Waals surface area contributed by atoms with Crippen molar-refractivity contribution in [3.63, 3.8) is 0 Å². The lowest BCUT2D eigenvalue weighted by atomic mass is 10.3. The van der Waals surface area contributed by atoms with Crippen molar-refractivity contribution in [2.45, 2.75) is 6.18 Å². The van der Waals surface area contributed by atoms with Crippen LogP contribution in [0.25, 0.3) is 5.69 Å². The van der Waals surface area contributed by atoms with Crippen molar-refractivity contribution >= 4 is 11.9 Å². The molecule has 6 nitrogen and oxygen atoms in total. The fraction of sp³-hybridized carbons (Fsp3) is 0.100. The van der Waals surface area contributed by atoms with E-state index in [2.05, 4.69) is 15.1 Å². The van der Waals surface area contributed by atoms with Gasteiger partial charge in [-0.1, -0.05) is 18.2 Å². The molecule has 0 radical (unpaired) electrons. The molecular formula is C10H9F3N6. The number of aromatic nitrogens is 3. The van der Waals surface area contributed by atoms with Crippen molar-refractivity contribution in [3.8, 4) is 5.69 Å². The number of nitrogens with zero attached hydrogens (tertiary/aromatic N) is 4. The van der Waals surface area contributed by atoms with Crippen LogP contribution in [-0.4, -0.2) is 20.7 Å². The summed E-state index contributed by atoms with van der Waals surface area (Å²) >= 11 is 0. The van der Waals surface area contributed by atoms with Crippen LogP contribution in [-0.2, 0) is 6.18 Å². The quantitative estimate of drug-likeness (QED) is 0.633. The minimum atomic E-state index is -4.67. The number of alkyl halides is 3. The molecule has 0 aliphatic rings. The first-order chi connectivity index (χ1) is 8.88. The largest absolute Gasteiger partial charge is 0.453 e. The van der Waals surface area contributed by atoms with Gasteiger partial charge in [-0.25, -0.2) is 0 Å². The van der Waals surface area contributed by atoms with Gasteiger partial charge in [-0.3, -0.25) is 0 Å². The molecule has 0 aliphatic carbocycles. The van der Waals surface area contributed by atoms with Gasteiger partial charge in [0.05, 0.1) is 5.69 Å². The Morgan fingerprint density at radius 1 is 1.16 bits per heavy atom. The van der Waals surface area contributed by atoms with Crippen LogP contribution in [0.4, 0.5) is 19.1 Å². The Bertz CT molecular complexity index is 597. The molecular weight excluding hydrogens is 261 g/mol. The maximum Gasteiger partial charge on any atom is 0.453 e. The summed E-state index contributed by atoms with van der Waals surface area (Å²) < 4.78 is 38.7. The van der Waals surface area contributed by atoms with Crippen LogP contribution in [0, 0.1) is 0 Å². The van der Waals surface area contributed by atoms with E-state index in [-0.39, 0.29) is 5.95 Å². The molecule has 1 aromatic heterocycles. The second-order valence-corrected chi connectivity index (χ2v) is 3.52. The fourth-order valence-electron chi connectivity index (χ4n) is 1.35. The van der Waals surface area contributed by atoms with Crippen molar-refractivity contribution in [2.75, 3.05) is 0 Å². The summed E-state index contributed by atoms with van der Waals surface area (Å²) in [5, 5.41) is 3.37. The molecule has 2 rings (SSSR count). The average Bonchev–Trinajstić information content (AvgIpc) is 2.73. The summed E-state index contributed by atoms with van der Waals surface area (Å²) in [4.78, 5) is 6.81. The molecule has 0 saturated heterocycles. The third-order valence-electron chi connectivity index (χ3n) is 2.07.